The topological polar surface area (TPSA) is 40.6 Å². The molecule has 0 bridgehead atoms. The molecule has 2 aliphatic heterocycles. The molecule has 2 amide bonds. The van der Waals surface area contributed by atoms with Gasteiger partial charge in [-0.3, -0.25) is 14.5 Å². The number of nitrogens with zero attached hydrogens (tertiary/aromatic N) is 2. The van der Waals surface area contributed by atoms with Crippen LogP contribution in [0.4, 0.5) is 5.69 Å². The van der Waals surface area contributed by atoms with E-state index in [1.165, 1.54) is 11.8 Å². The van der Waals surface area contributed by atoms with E-state index in [2.05, 4.69) is 29.8 Å². The van der Waals surface area contributed by atoms with Gasteiger partial charge in [0.2, 0.25) is 5.91 Å². The molecule has 0 unspecified atom stereocenters. The van der Waals surface area contributed by atoms with Crippen LogP contribution >= 0.6 is 27.7 Å². The number of piperidine rings is 1. The average Bonchev–Trinajstić information content (AvgIpc) is 2.70. The van der Waals surface area contributed by atoms with Gasteiger partial charge in [0, 0.05) is 22.5 Å². The van der Waals surface area contributed by atoms with Crippen LogP contribution in [0.2, 0.25) is 0 Å². The van der Waals surface area contributed by atoms with Crippen LogP contribution in [0.3, 0.4) is 0 Å². The Morgan fingerprint density at radius 3 is 2.60 bits per heavy atom. The third kappa shape index (κ3) is 4.65. The summed E-state index contributed by atoms with van der Waals surface area (Å²) in [5, 5.41) is 0. The predicted molar refractivity (Wildman–Crippen MR) is 126 cm³/mol. The number of carbonyl (C=O) groups is 2. The minimum atomic E-state index is -0.120. The Bertz CT molecular complexity index is 996. The van der Waals surface area contributed by atoms with Gasteiger partial charge in [0.05, 0.1) is 10.6 Å². The van der Waals surface area contributed by atoms with Gasteiger partial charge in [-0.2, -0.15) is 0 Å². The van der Waals surface area contributed by atoms with Crippen molar-refractivity contribution in [3.05, 3.63) is 63.5 Å². The average molecular weight is 485 g/mol. The highest BCUT2D eigenvalue weighted by Gasteiger charge is 2.33. The van der Waals surface area contributed by atoms with Crippen molar-refractivity contribution >= 4 is 51.3 Å². The molecular formula is C24H25BrN2O2S. The molecule has 4 rings (SSSR count). The molecule has 0 spiro atoms. The number of hydrogen-bond donors (Lipinski definition) is 0. The summed E-state index contributed by atoms with van der Waals surface area (Å²) in [6.45, 7) is 5.98. The number of fused-ring (bicyclic) bond motifs is 1. The summed E-state index contributed by atoms with van der Waals surface area (Å²) in [4.78, 5) is 31.7. The maximum absolute atomic E-state index is 13.4. The van der Waals surface area contributed by atoms with E-state index in [-0.39, 0.29) is 18.4 Å². The zero-order valence-corrected chi connectivity index (χ0v) is 19.6. The van der Waals surface area contributed by atoms with E-state index in [9.17, 15) is 9.59 Å². The van der Waals surface area contributed by atoms with Crippen molar-refractivity contribution in [3.8, 4) is 0 Å². The number of halogens is 1. The van der Waals surface area contributed by atoms with Crippen LogP contribution in [0.15, 0.2) is 62.8 Å². The largest absolute Gasteiger partial charge is 0.341 e. The molecule has 0 aromatic heterocycles. The van der Waals surface area contributed by atoms with Crippen molar-refractivity contribution < 1.29 is 9.59 Å². The number of para-hydroxylation sites is 1. The molecule has 6 heteroatoms. The highest BCUT2D eigenvalue weighted by atomic mass is 79.9. The molecule has 0 radical (unpaired) electrons. The van der Waals surface area contributed by atoms with Gasteiger partial charge in [-0.15, -0.1) is 0 Å². The lowest BCUT2D eigenvalue weighted by atomic mass is 9.92. The molecule has 1 fully saturated rings. The number of likely N-dealkylation sites (tertiary alicyclic amines) is 1. The van der Waals surface area contributed by atoms with Gasteiger partial charge in [-0.05, 0) is 54.2 Å². The maximum Gasteiger partial charge on any atom is 0.265 e. The molecular weight excluding hydrogens is 460 g/mol. The lowest BCUT2D eigenvalue weighted by Gasteiger charge is -2.37. The molecule has 30 heavy (non-hydrogen) atoms. The zero-order valence-electron chi connectivity index (χ0n) is 17.2. The number of carbonyl (C=O) groups excluding carboxylic acids is 2. The van der Waals surface area contributed by atoms with E-state index in [1.807, 2.05) is 59.5 Å². The first-order chi connectivity index (χ1) is 14.4. The van der Waals surface area contributed by atoms with Gasteiger partial charge >= 0.3 is 0 Å². The predicted octanol–water partition coefficient (Wildman–Crippen LogP) is 5.43. The van der Waals surface area contributed by atoms with Crippen molar-refractivity contribution in [3.63, 3.8) is 0 Å². The van der Waals surface area contributed by atoms with Crippen LogP contribution < -0.4 is 4.90 Å². The monoisotopic (exact) mass is 484 g/mol. The molecule has 0 saturated carbocycles. The highest BCUT2D eigenvalue weighted by Crippen LogP contribution is 2.42. The molecule has 4 nitrogen and oxygen atoms in total. The second-order valence-electron chi connectivity index (χ2n) is 8.27. The molecule has 2 aromatic carbocycles. The Balaban J connectivity index is 1.62. The van der Waals surface area contributed by atoms with Crippen molar-refractivity contribution in [1.82, 2.24) is 4.90 Å². The first-order valence-corrected chi connectivity index (χ1v) is 11.9. The van der Waals surface area contributed by atoms with E-state index in [4.69, 9.17) is 0 Å². The molecule has 2 heterocycles. The third-order valence-corrected chi connectivity index (χ3v) is 7.06. The molecule has 1 saturated heterocycles. The van der Waals surface area contributed by atoms with E-state index in [0.717, 1.165) is 40.1 Å². The van der Waals surface area contributed by atoms with Gasteiger partial charge in [0.25, 0.3) is 5.91 Å². The van der Waals surface area contributed by atoms with E-state index < -0.39 is 0 Å². The summed E-state index contributed by atoms with van der Waals surface area (Å²) in [6, 6.07) is 15.7. The zero-order chi connectivity index (χ0) is 21.3. The van der Waals surface area contributed by atoms with Crippen LogP contribution in [-0.2, 0) is 9.59 Å². The normalized spacial score (nSPS) is 22.9. The second-order valence-corrected chi connectivity index (χ2v) is 10.3. The van der Waals surface area contributed by atoms with Crippen LogP contribution in [0.5, 0.6) is 0 Å². The van der Waals surface area contributed by atoms with Gasteiger partial charge < -0.3 is 4.90 Å². The Hall–Kier alpha value is -2.05. The summed E-state index contributed by atoms with van der Waals surface area (Å²) in [7, 11) is 0. The van der Waals surface area contributed by atoms with Gasteiger partial charge in [-0.1, -0.05) is 65.8 Å². The number of amides is 2. The minimum Gasteiger partial charge on any atom is -0.341 e. The smallest absolute Gasteiger partial charge is 0.265 e. The SMILES string of the molecule is C[C@H]1C[C@H](C)CN(C(=O)CN2C(=O)/C(=C\c3cccc(Br)c3)Sc3ccccc32)C1. The minimum absolute atomic E-state index is 0.0188. The quantitative estimate of drug-likeness (QED) is 0.545. The second kappa shape index (κ2) is 8.98. The summed E-state index contributed by atoms with van der Waals surface area (Å²) >= 11 is 4.95. The molecule has 0 aliphatic carbocycles. The number of thioether (sulfide) groups is 1. The van der Waals surface area contributed by atoms with Crippen LogP contribution in [0.1, 0.15) is 25.8 Å². The maximum atomic E-state index is 13.4. The Morgan fingerprint density at radius 1 is 1.13 bits per heavy atom. The number of benzene rings is 2. The van der Waals surface area contributed by atoms with Crippen molar-refractivity contribution in [1.29, 1.82) is 0 Å². The summed E-state index contributed by atoms with van der Waals surface area (Å²) in [6.07, 6.45) is 3.04. The van der Waals surface area contributed by atoms with Gasteiger partial charge in [0.15, 0.2) is 0 Å². The van der Waals surface area contributed by atoms with Gasteiger partial charge in [0.1, 0.15) is 6.54 Å². The van der Waals surface area contributed by atoms with Crippen LogP contribution in [0, 0.1) is 11.8 Å². The first-order valence-electron chi connectivity index (χ1n) is 10.2. The molecule has 2 atom stereocenters. The van der Waals surface area contributed by atoms with Crippen LogP contribution in [0.25, 0.3) is 6.08 Å². The fourth-order valence-electron chi connectivity index (χ4n) is 4.27. The van der Waals surface area contributed by atoms with E-state index in [1.54, 1.807) is 4.90 Å². The van der Waals surface area contributed by atoms with Crippen LogP contribution in [-0.4, -0.2) is 36.3 Å². The first kappa shape index (κ1) is 21.2. The number of rotatable bonds is 3. The standard InChI is InChI=1S/C24H25BrN2O2S/c1-16-10-17(2)14-26(13-16)23(28)15-27-20-8-3-4-9-21(20)30-22(24(27)29)12-18-6-5-7-19(25)11-18/h3-9,11-12,16-17H,10,13-15H2,1-2H3/b22-12+/t16-,17-/m0/s1. The fourth-order valence-corrected chi connectivity index (χ4v) is 5.74. The lowest BCUT2D eigenvalue weighted by Crippen LogP contribution is -2.49. The number of anilines is 1. The Labute approximate surface area is 190 Å². The summed E-state index contributed by atoms with van der Waals surface area (Å²) < 4.78 is 0.964. The summed E-state index contributed by atoms with van der Waals surface area (Å²) in [5.41, 5.74) is 1.76. The molecule has 0 N–H and O–H groups in total. The van der Waals surface area contributed by atoms with E-state index in [0.29, 0.717) is 16.7 Å². The Morgan fingerprint density at radius 2 is 1.87 bits per heavy atom. The van der Waals surface area contributed by atoms with Crippen molar-refractivity contribution in [2.45, 2.75) is 25.2 Å². The lowest BCUT2D eigenvalue weighted by molar-refractivity contribution is -0.133. The van der Waals surface area contributed by atoms with E-state index >= 15 is 0 Å². The molecule has 2 aromatic rings. The van der Waals surface area contributed by atoms with Crippen molar-refractivity contribution in [2.24, 2.45) is 11.8 Å². The van der Waals surface area contributed by atoms with Crippen molar-refractivity contribution in [2.75, 3.05) is 24.5 Å². The number of hydrogen-bond acceptors (Lipinski definition) is 3. The molecule has 2 aliphatic rings. The Kier molecular flexibility index (Phi) is 6.34. The van der Waals surface area contributed by atoms with Gasteiger partial charge in [-0.25, -0.2) is 0 Å². The summed E-state index contributed by atoms with van der Waals surface area (Å²) in [5.74, 6) is 0.879. The third-order valence-electron chi connectivity index (χ3n) is 5.49. The highest BCUT2D eigenvalue weighted by molar-refractivity contribution is 9.10. The molecule has 156 valence electrons. The fraction of sp³-hybridized carbons (Fsp3) is 0.333.